The number of rotatable bonds is 13. The van der Waals surface area contributed by atoms with Crippen molar-refractivity contribution in [1.82, 2.24) is 4.98 Å². The number of fused-ring (bicyclic) bond motifs is 1. The Morgan fingerprint density at radius 2 is 0.909 bits per heavy atom. The van der Waals surface area contributed by atoms with E-state index in [0.717, 1.165) is 16.5 Å². The standard InChI is InChI=1S/C31H59NO7Si5/c1-40(2,3)35-27-26(34-25(33)20-22-21-32-24-19-17-16-18-23(22)24)28(36-41(4,5)6)30(38-43(10,11)12)31(39-44(13,14)15)29(27)37-42(7,8)9/h16-19,21,26-32H,20H2,1-15H3. The molecule has 1 aromatic carbocycles. The van der Waals surface area contributed by atoms with E-state index in [9.17, 15) is 4.79 Å². The van der Waals surface area contributed by atoms with E-state index in [4.69, 9.17) is 26.9 Å². The van der Waals surface area contributed by atoms with Gasteiger partial charge in [0, 0.05) is 17.1 Å². The molecule has 0 aliphatic heterocycles. The van der Waals surface area contributed by atoms with Crippen molar-refractivity contribution in [3.8, 4) is 0 Å². The van der Waals surface area contributed by atoms with Gasteiger partial charge in [-0.05, 0) is 110 Å². The number of esters is 1. The Morgan fingerprint density at radius 1 is 0.568 bits per heavy atom. The molecule has 4 atom stereocenters. The van der Waals surface area contributed by atoms with Crippen LogP contribution in [0.1, 0.15) is 5.56 Å². The lowest BCUT2D eigenvalue weighted by Gasteiger charge is -2.55. The van der Waals surface area contributed by atoms with E-state index in [1.807, 2.05) is 30.5 Å². The second kappa shape index (κ2) is 13.7. The minimum atomic E-state index is -2.18. The second-order valence-electron chi connectivity index (χ2n) is 17.0. The summed E-state index contributed by atoms with van der Waals surface area (Å²) in [5, 5.41) is 1.02. The Kier molecular flexibility index (Phi) is 11.7. The highest BCUT2D eigenvalue weighted by Crippen LogP contribution is 2.39. The van der Waals surface area contributed by atoms with Crippen LogP contribution in [-0.4, -0.2) is 89.2 Å². The Hall–Kier alpha value is -0.886. The van der Waals surface area contributed by atoms with Crippen LogP contribution in [0.25, 0.3) is 10.9 Å². The lowest BCUT2D eigenvalue weighted by atomic mass is 9.84. The van der Waals surface area contributed by atoms with Gasteiger partial charge >= 0.3 is 5.97 Å². The minimum Gasteiger partial charge on any atom is -0.456 e. The van der Waals surface area contributed by atoms with Crippen LogP contribution in [0, 0.1) is 0 Å². The fourth-order valence-corrected chi connectivity index (χ4v) is 11.0. The topological polar surface area (TPSA) is 88.2 Å². The molecule has 0 amide bonds. The molecule has 0 bridgehead atoms. The van der Waals surface area contributed by atoms with Crippen molar-refractivity contribution in [3.63, 3.8) is 0 Å². The van der Waals surface area contributed by atoms with Gasteiger partial charge in [0.25, 0.3) is 0 Å². The number of hydrogen-bond acceptors (Lipinski definition) is 7. The molecule has 2 aromatic rings. The van der Waals surface area contributed by atoms with Crippen LogP contribution in [0.4, 0.5) is 0 Å². The lowest BCUT2D eigenvalue weighted by Crippen LogP contribution is -2.72. The Balaban J connectivity index is 2.19. The monoisotopic (exact) mass is 697 g/mol. The molecule has 250 valence electrons. The number of aromatic nitrogens is 1. The zero-order chi connectivity index (χ0) is 33.5. The van der Waals surface area contributed by atoms with Gasteiger partial charge in [0.1, 0.15) is 30.5 Å². The van der Waals surface area contributed by atoms with Crippen molar-refractivity contribution in [2.75, 3.05) is 0 Å². The van der Waals surface area contributed by atoms with Crippen LogP contribution in [0.15, 0.2) is 30.5 Å². The van der Waals surface area contributed by atoms with Crippen molar-refractivity contribution < 1.29 is 31.7 Å². The molecule has 1 N–H and O–H groups in total. The lowest BCUT2D eigenvalue weighted by molar-refractivity contribution is -0.215. The van der Waals surface area contributed by atoms with Crippen LogP contribution >= 0.6 is 0 Å². The van der Waals surface area contributed by atoms with Crippen LogP contribution in [-0.2, 0) is 38.1 Å². The van der Waals surface area contributed by atoms with Gasteiger partial charge in [0.05, 0.1) is 6.42 Å². The number of para-hydroxylation sites is 1. The summed E-state index contributed by atoms with van der Waals surface area (Å²) in [5.41, 5.74) is 1.89. The average Bonchev–Trinajstić information content (AvgIpc) is 3.19. The van der Waals surface area contributed by atoms with Gasteiger partial charge in [-0.3, -0.25) is 4.79 Å². The molecular formula is C31H59NO7Si5. The first-order valence-corrected chi connectivity index (χ1v) is 33.0. The number of ether oxygens (including phenoxy) is 1. The minimum absolute atomic E-state index is 0.133. The molecule has 13 heteroatoms. The smallest absolute Gasteiger partial charge is 0.310 e. The molecule has 0 radical (unpaired) electrons. The molecular weight excluding hydrogens is 639 g/mol. The zero-order valence-electron chi connectivity index (χ0n) is 29.9. The number of aromatic amines is 1. The van der Waals surface area contributed by atoms with E-state index in [0.29, 0.717) is 0 Å². The normalized spacial score (nSPS) is 25.8. The van der Waals surface area contributed by atoms with E-state index in [2.05, 4.69) is 103 Å². The number of benzene rings is 1. The van der Waals surface area contributed by atoms with E-state index in [-0.39, 0.29) is 12.4 Å². The quantitative estimate of drug-likeness (QED) is 0.169. The van der Waals surface area contributed by atoms with Crippen molar-refractivity contribution in [1.29, 1.82) is 0 Å². The predicted molar refractivity (Wildman–Crippen MR) is 193 cm³/mol. The Labute approximate surface area is 271 Å². The van der Waals surface area contributed by atoms with Gasteiger partial charge in [0.15, 0.2) is 47.7 Å². The summed E-state index contributed by atoms with van der Waals surface area (Å²) < 4.78 is 41.7. The van der Waals surface area contributed by atoms with Gasteiger partial charge in [-0.2, -0.15) is 0 Å². The van der Waals surface area contributed by atoms with Gasteiger partial charge in [-0.1, -0.05) is 18.2 Å². The summed E-state index contributed by atoms with van der Waals surface area (Å²) >= 11 is 0. The maximum absolute atomic E-state index is 13.9. The van der Waals surface area contributed by atoms with Crippen molar-refractivity contribution in [3.05, 3.63) is 36.0 Å². The fourth-order valence-electron chi connectivity index (χ4n) is 5.59. The van der Waals surface area contributed by atoms with Gasteiger partial charge in [-0.15, -0.1) is 0 Å². The first-order valence-electron chi connectivity index (χ1n) is 16.0. The second-order valence-corrected chi connectivity index (χ2v) is 39.3. The molecule has 4 unspecified atom stereocenters. The summed E-state index contributed by atoms with van der Waals surface area (Å²) in [5.74, 6) is -0.323. The maximum atomic E-state index is 13.9. The molecule has 1 fully saturated rings. The molecule has 1 aliphatic carbocycles. The van der Waals surface area contributed by atoms with E-state index in [1.54, 1.807) is 0 Å². The zero-order valence-corrected chi connectivity index (χ0v) is 34.9. The van der Waals surface area contributed by atoms with Gasteiger partial charge in [0.2, 0.25) is 0 Å². The molecule has 3 rings (SSSR count). The predicted octanol–water partition coefficient (Wildman–Crippen LogP) is 7.74. The van der Waals surface area contributed by atoms with E-state index in [1.165, 1.54) is 0 Å². The summed E-state index contributed by atoms with van der Waals surface area (Å²) in [6.45, 7) is 32.7. The van der Waals surface area contributed by atoms with E-state index >= 15 is 0 Å². The molecule has 1 aliphatic rings. The fraction of sp³-hybridized carbons (Fsp3) is 0.710. The summed E-state index contributed by atoms with van der Waals surface area (Å²) in [4.78, 5) is 17.2. The summed E-state index contributed by atoms with van der Waals surface area (Å²) in [6.07, 6.45) is -1.21. The average molecular weight is 698 g/mol. The van der Waals surface area contributed by atoms with Crippen molar-refractivity contribution >= 4 is 58.5 Å². The first-order chi connectivity index (χ1) is 19.8. The highest BCUT2D eigenvalue weighted by molar-refractivity contribution is 6.71. The third-order valence-electron chi connectivity index (χ3n) is 6.67. The Bertz CT molecular complexity index is 1210. The first kappa shape index (κ1) is 37.6. The number of nitrogens with one attached hydrogen (secondary N) is 1. The molecule has 0 spiro atoms. The van der Waals surface area contributed by atoms with Gasteiger partial charge < -0.3 is 31.9 Å². The number of carbonyl (C=O) groups is 1. The molecule has 1 heterocycles. The van der Waals surface area contributed by atoms with Gasteiger partial charge in [-0.25, -0.2) is 0 Å². The number of carbonyl (C=O) groups excluding carboxylic acids is 1. The van der Waals surface area contributed by atoms with E-state index < -0.39 is 78.2 Å². The SMILES string of the molecule is C[Si](C)(C)OC1C(OC(=O)Cc2c[nH]c3ccccc23)C(O[Si](C)(C)C)C(O[Si](C)(C)C)C(O[Si](C)(C)C)C1O[Si](C)(C)C. The molecule has 1 aromatic heterocycles. The highest BCUT2D eigenvalue weighted by atomic mass is 28.4. The highest BCUT2D eigenvalue weighted by Gasteiger charge is 2.59. The largest absolute Gasteiger partial charge is 0.456 e. The number of H-pyrrole nitrogens is 1. The summed E-state index contributed by atoms with van der Waals surface area (Å²) in [6, 6.07) is 8.00. The third-order valence-corrected chi connectivity index (χ3v) is 11.6. The molecule has 0 saturated heterocycles. The van der Waals surface area contributed by atoms with Crippen LogP contribution < -0.4 is 0 Å². The maximum Gasteiger partial charge on any atom is 0.310 e. The molecule has 44 heavy (non-hydrogen) atoms. The Morgan fingerprint density at radius 3 is 1.27 bits per heavy atom. The number of hydrogen-bond donors (Lipinski definition) is 1. The van der Waals surface area contributed by atoms with Crippen molar-refractivity contribution in [2.45, 2.75) is 141 Å². The van der Waals surface area contributed by atoms with Crippen LogP contribution in [0.5, 0.6) is 0 Å². The molecule has 1 saturated carbocycles. The summed E-state index contributed by atoms with van der Waals surface area (Å²) in [7, 11) is -10.7. The van der Waals surface area contributed by atoms with Crippen LogP contribution in [0.2, 0.25) is 98.2 Å². The van der Waals surface area contributed by atoms with Crippen molar-refractivity contribution in [2.24, 2.45) is 0 Å². The molecule has 8 nitrogen and oxygen atoms in total. The van der Waals surface area contributed by atoms with Crippen LogP contribution in [0.3, 0.4) is 0 Å². The third kappa shape index (κ3) is 11.4.